The van der Waals surface area contributed by atoms with Gasteiger partial charge in [0.05, 0.1) is 24.4 Å². The zero-order valence-corrected chi connectivity index (χ0v) is 19.1. The second-order valence-corrected chi connectivity index (χ2v) is 10.4. The lowest BCUT2D eigenvalue weighted by molar-refractivity contribution is -0.136. The summed E-state index contributed by atoms with van der Waals surface area (Å²) in [6.07, 6.45) is -0.394. The van der Waals surface area contributed by atoms with Crippen LogP contribution in [0.1, 0.15) is 26.0 Å². The van der Waals surface area contributed by atoms with E-state index in [1.165, 1.54) is 6.07 Å². The van der Waals surface area contributed by atoms with Crippen LogP contribution in [-0.2, 0) is 30.6 Å². The molecule has 0 saturated heterocycles. The number of halogens is 1. The minimum absolute atomic E-state index is 0.114. The first-order valence-corrected chi connectivity index (χ1v) is 12.0. The molecule has 2 aromatic rings. The van der Waals surface area contributed by atoms with Crippen molar-refractivity contribution in [1.82, 2.24) is 4.98 Å². The van der Waals surface area contributed by atoms with E-state index in [1.807, 2.05) is 13.8 Å². The van der Waals surface area contributed by atoms with Crippen LogP contribution in [0.2, 0.25) is 0 Å². The summed E-state index contributed by atoms with van der Waals surface area (Å²) in [5.74, 6) is -3.09. The van der Waals surface area contributed by atoms with Gasteiger partial charge < -0.3 is 20.5 Å². The van der Waals surface area contributed by atoms with E-state index in [0.29, 0.717) is 11.3 Å². The van der Waals surface area contributed by atoms with Gasteiger partial charge in [-0.05, 0) is 18.1 Å². The van der Waals surface area contributed by atoms with Crippen molar-refractivity contribution in [1.29, 1.82) is 0 Å². The van der Waals surface area contributed by atoms with Crippen LogP contribution in [0.4, 0.5) is 15.2 Å². The number of benzene rings is 1. The summed E-state index contributed by atoms with van der Waals surface area (Å²) in [7, 11) is -3.76. The number of carboxylic acid groups (broad SMARTS) is 1. The average molecular weight is 488 g/mol. The third kappa shape index (κ3) is 7.57. The minimum atomic E-state index is -3.76. The number of ether oxygens (including phenoxy) is 1. The highest BCUT2D eigenvalue weighted by atomic mass is 32.2. The van der Waals surface area contributed by atoms with Gasteiger partial charge in [0.25, 0.3) is 0 Å². The predicted molar refractivity (Wildman–Crippen MR) is 115 cm³/mol. The number of carbonyl (C=O) groups excluding carboxylic acids is 2. The SMILES string of the molecule is CC(C)COc1cc(F)ccc1NC(=O)CC(=O)Nc1nc(CC(=O)O)c(S(C)(=O)=O)s1. The fourth-order valence-electron chi connectivity index (χ4n) is 2.41. The van der Waals surface area contributed by atoms with Crippen molar-refractivity contribution < 1.29 is 37.0 Å². The molecule has 3 N–H and O–H groups in total. The van der Waals surface area contributed by atoms with Crippen LogP contribution >= 0.6 is 11.3 Å². The molecule has 2 rings (SSSR count). The Balaban J connectivity index is 2.07. The van der Waals surface area contributed by atoms with Crippen molar-refractivity contribution in [2.75, 3.05) is 23.5 Å². The number of sulfone groups is 1. The Bertz CT molecular complexity index is 1130. The van der Waals surface area contributed by atoms with E-state index in [2.05, 4.69) is 15.6 Å². The van der Waals surface area contributed by atoms with E-state index in [-0.39, 0.29) is 39.0 Å². The van der Waals surface area contributed by atoms with E-state index in [0.717, 1.165) is 18.4 Å². The maximum atomic E-state index is 13.5. The molecule has 0 aliphatic heterocycles. The summed E-state index contributed by atoms with van der Waals surface area (Å²) in [5, 5.41) is 13.5. The maximum Gasteiger partial charge on any atom is 0.309 e. The lowest BCUT2D eigenvalue weighted by Crippen LogP contribution is -2.22. The maximum absolute atomic E-state index is 13.5. The molecule has 0 atom stereocenters. The molecule has 0 radical (unpaired) electrons. The number of carboxylic acids is 1. The number of aromatic nitrogens is 1. The molecular formula is C19H22FN3O7S2. The van der Waals surface area contributed by atoms with Gasteiger partial charge >= 0.3 is 5.97 Å². The second-order valence-electron chi connectivity index (χ2n) is 7.21. The van der Waals surface area contributed by atoms with Gasteiger partial charge in [-0.3, -0.25) is 14.4 Å². The van der Waals surface area contributed by atoms with Gasteiger partial charge in [0.1, 0.15) is 22.2 Å². The molecule has 0 unspecified atom stereocenters. The predicted octanol–water partition coefficient (Wildman–Crippen LogP) is 2.31. The quantitative estimate of drug-likeness (QED) is 0.432. The van der Waals surface area contributed by atoms with Crippen LogP contribution in [0.25, 0.3) is 0 Å². The minimum Gasteiger partial charge on any atom is -0.491 e. The smallest absolute Gasteiger partial charge is 0.309 e. The van der Waals surface area contributed by atoms with Gasteiger partial charge in [-0.1, -0.05) is 25.2 Å². The number of nitrogens with one attached hydrogen (secondary N) is 2. The van der Waals surface area contributed by atoms with Gasteiger partial charge in [0.2, 0.25) is 11.8 Å². The van der Waals surface area contributed by atoms with Crippen molar-refractivity contribution in [3.05, 3.63) is 29.7 Å². The number of aliphatic carboxylic acids is 1. The summed E-state index contributed by atoms with van der Waals surface area (Å²) in [4.78, 5) is 39.2. The van der Waals surface area contributed by atoms with E-state index in [4.69, 9.17) is 9.84 Å². The number of anilines is 2. The average Bonchev–Trinajstić information content (AvgIpc) is 3.03. The van der Waals surface area contributed by atoms with E-state index >= 15 is 0 Å². The molecule has 1 aromatic heterocycles. The summed E-state index contributed by atoms with van der Waals surface area (Å²) in [5.41, 5.74) is -0.0230. The number of rotatable bonds is 10. The largest absolute Gasteiger partial charge is 0.491 e. The zero-order valence-electron chi connectivity index (χ0n) is 17.5. The number of hydrogen-bond donors (Lipinski definition) is 3. The fraction of sp³-hybridized carbons (Fsp3) is 0.368. The lowest BCUT2D eigenvalue weighted by atomic mass is 10.2. The molecule has 2 amide bonds. The number of nitrogens with zero attached hydrogens (tertiary/aromatic N) is 1. The van der Waals surface area contributed by atoms with Crippen LogP contribution in [0.5, 0.6) is 5.75 Å². The number of amides is 2. The molecule has 0 spiro atoms. The standard InChI is InChI=1S/C19H22FN3O7S2/c1-10(2)9-30-14-6-11(20)4-5-12(14)21-15(24)8-16(25)23-19-22-13(7-17(26)27)18(31-19)32(3,28)29/h4-6,10H,7-9H2,1-3H3,(H,21,24)(H,26,27)(H,22,23,25). The first-order valence-electron chi connectivity index (χ1n) is 9.28. The molecule has 13 heteroatoms. The second kappa shape index (κ2) is 10.5. The number of carbonyl (C=O) groups is 3. The van der Waals surface area contributed by atoms with Gasteiger partial charge in [-0.25, -0.2) is 17.8 Å². The Hall–Kier alpha value is -3.06. The highest BCUT2D eigenvalue weighted by Crippen LogP contribution is 2.29. The number of thiazole rings is 1. The normalized spacial score (nSPS) is 11.3. The van der Waals surface area contributed by atoms with Crippen molar-refractivity contribution >= 4 is 49.8 Å². The Labute approximate surface area is 187 Å². The van der Waals surface area contributed by atoms with Gasteiger partial charge in [0.15, 0.2) is 15.0 Å². The highest BCUT2D eigenvalue weighted by Gasteiger charge is 2.23. The van der Waals surface area contributed by atoms with Crippen LogP contribution in [0.3, 0.4) is 0 Å². The third-order valence-electron chi connectivity index (χ3n) is 3.67. The molecule has 10 nitrogen and oxygen atoms in total. The van der Waals surface area contributed by atoms with Crippen LogP contribution < -0.4 is 15.4 Å². The van der Waals surface area contributed by atoms with Crippen molar-refractivity contribution in [2.24, 2.45) is 5.92 Å². The topological polar surface area (TPSA) is 152 Å². The Morgan fingerprint density at radius 2 is 1.88 bits per heavy atom. The first kappa shape index (κ1) is 25.2. The Morgan fingerprint density at radius 3 is 2.47 bits per heavy atom. The van der Waals surface area contributed by atoms with Gasteiger partial charge in [-0.15, -0.1) is 0 Å². The number of hydrogen-bond acceptors (Lipinski definition) is 8. The molecule has 0 aliphatic carbocycles. The molecule has 32 heavy (non-hydrogen) atoms. The van der Waals surface area contributed by atoms with Crippen LogP contribution in [-0.4, -0.2) is 49.2 Å². The van der Waals surface area contributed by atoms with E-state index in [1.54, 1.807) is 0 Å². The summed E-state index contributed by atoms with van der Waals surface area (Å²) >= 11 is 0.593. The van der Waals surface area contributed by atoms with E-state index < -0.39 is 46.3 Å². The summed E-state index contributed by atoms with van der Waals surface area (Å²) < 4.78 is 42.4. The Kier molecular flexibility index (Phi) is 8.27. The molecule has 0 fully saturated rings. The van der Waals surface area contributed by atoms with Crippen LogP contribution in [0, 0.1) is 11.7 Å². The molecular weight excluding hydrogens is 465 g/mol. The molecule has 174 valence electrons. The monoisotopic (exact) mass is 487 g/mol. The van der Waals surface area contributed by atoms with Crippen molar-refractivity contribution in [2.45, 2.75) is 30.9 Å². The van der Waals surface area contributed by atoms with Crippen LogP contribution in [0.15, 0.2) is 22.4 Å². The summed E-state index contributed by atoms with van der Waals surface area (Å²) in [6, 6.07) is 3.55. The third-order valence-corrected chi connectivity index (χ3v) is 6.55. The lowest BCUT2D eigenvalue weighted by Gasteiger charge is -2.14. The molecule has 1 heterocycles. The zero-order chi connectivity index (χ0) is 24.1. The highest BCUT2D eigenvalue weighted by molar-refractivity contribution is 7.92. The molecule has 0 bridgehead atoms. The van der Waals surface area contributed by atoms with Gasteiger partial charge in [-0.2, -0.15) is 0 Å². The molecule has 0 aliphatic rings. The summed E-state index contributed by atoms with van der Waals surface area (Å²) in [6.45, 7) is 4.09. The van der Waals surface area contributed by atoms with E-state index in [9.17, 15) is 27.2 Å². The van der Waals surface area contributed by atoms with Crippen molar-refractivity contribution in [3.63, 3.8) is 0 Å². The van der Waals surface area contributed by atoms with Crippen molar-refractivity contribution in [3.8, 4) is 5.75 Å². The molecule has 0 saturated carbocycles. The fourth-order valence-corrected chi connectivity index (χ4v) is 4.53. The molecule has 1 aromatic carbocycles. The Morgan fingerprint density at radius 1 is 1.22 bits per heavy atom. The first-order chi connectivity index (χ1) is 14.8. The van der Waals surface area contributed by atoms with Gasteiger partial charge in [0, 0.05) is 12.3 Å².